The van der Waals surface area contributed by atoms with Crippen LogP contribution in [0.2, 0.25) is 10.2 Å². The van der Waals surface area contributed by atoms with E-state index in [9.17, 15) is 0 Å². The molecular weight excluding hydrogens is 269 g/mol. The number of pyridine rings is 1. The number of nitrogen functional groups attached to an aromatic ring is 1. The highest BCUT2D eigenvalue weighted by molar-refractivity contribution is 6.34. The van der Waals surface area contributed by atoms with Crippen LogP contribution in [0.4, 0.5) is 5.82 Å². The van der Waals surface area contributed by atoms with Crippen molar-refractivity contribution in [3.8, 4) is 11.4 Å². The Morgan fingerprint density at radius 2 is 1.78 bits per heavy atom. The average molecular weight is 278 g/mol. The molecule has 2 N–H and O–H groups in total. The number of halogens is 2. The average Bonchev–Trinajstić information content (AvgIpc) is 2.69. The third kappa shape index (κ3) is 1.64. The summed E-state index contributed by atoms with van der Waals surface area (Å²) in [4.78, 5) is 4.35. The molecule has 0 atom stereocenters. The number of nitrogens with two attached hydrogens (primary N) is 1. The molecule has 0 bridgehead atoms. The van der Waals surface area contributed by atoms with Gasteiger partial charge in [-0.25, -0.2) is 4.98 Å². The van der Waals surface area contributed by atoms with Gasteiger partial charge in [-0.3, -0.25) is 4.40 Å². The Labute approximate surface area is 114 Å². The van der Waals surface area contributed by atoms with Gasteiger partial charge >= 0.3 is 0 Å². The maximum absolute atomic E-state index is 6.18. The van der Waals surface area contributed by atoms with E-state index in [1.807, 2.05) is 36.4 Å². The molecule has 2 heterocycles. The number of anilines is 1. The molecule has 0 radical (unpaired) electrons. The topological polar surface area (TPSA) is 43.3 Å². The normalized spacial score (nSPS) is 11.0. The number of nitrogens with zero attached hydrogens (tertiary/aromatic N) is 2. The van der Waals surface area contributed by atoms with Gasteiger partial charge in [0.05, 0.1) is 10.5 Å². The van der Waals surface area contributed by atoms with Crippen molar-refractivity contribution in [2.45, 2.75) is 0 Å². The zero-order valence-electron chi connectivity index (χ0n) is 9.27. The fraction of sp³-hybridized carbons (Fsp3) is 0. The predicted octanol–water partition coefficient (Wildman–Crippen LogP) is 3.89. The summed E-state index contributed by atoms with van der Waals surface area (Å²) in [6.45, 7) is 0. The van der Waals surface area contributed by atoms with Crippen molar-refractivity contribution >= 4 is 34.5 Å². The van der Waals surface area contributed by atoms with Crippen LogP contribution in [0, 0.1) is 0 Å². The van der Waals surface area contributed by atoms with Crippen LogP contribution in [0.5, 0.6) is 0 Å². The summed E-state index contributed by atoms with van der Waals surface area (Å²) in [5, 5.41) is 1.03. The highest BCUT2D eigenvalue weighted by Gasteiger charge is 2.14. The van der Waals surface area contributed by atoms with Gasteiger partial charge in [0.25, 0.3) is 0 Å². The fourth-order valence-electron chi connectivity index (χ4n) is 1.95. The van der Waals surface area contributed by atoms with Crippen molar-refractivity contribution < 1.29 is 0 Å². The number of aromatic nitrogens is 2. The molecule has 90 valence electrons. The lowest BCUT2D eigenvalue weighted by Gasteiger charge is -2.05. The van der Waals surface area contributed by atoms with Crippen LogP contribution in [0.25, 0.3) is 16.9 Å². The van der Waals surface area contributed by atoms with E-state index in [1.165, 1.54) is 0 Å². The van der Waals surface area contributed by atoms with Gasteiger partial charge in [-0.2, -0.15) is 0 Å². The van der Waals surface area contributed by atoms with Crippen LogP contribution in [0.1, 0.15) is 0 Å². The molecule has 0 unspecified atom stereocenters. The highest BCUT2D eigenvalue weighted by Crippen LogP contribution is 2.31. The fourth-order valence-corrected chi connectivity index (χ4v) is 2.39. The largest absolute Gasteiger partial charge is 0.385 e. The molecule has 0 saturated carbocycles. The van der Waals surface area contributed by atoms with Crippen molar-refractivity contribution in [2.24, 2.45) is 0 Å². The Bertz CT molecular complexity index is 734. The van der Waals surface area contributed by atoms with Gasteiger partial charge in [0, 0.05) is 5.56 Å². The molecule has 0 aliphatic rings. The molecule has 0 fully saturated rings. The Hall–Kier alpha value is -1.71. The van der Waals surface area contributed by atoms with Crippen molar-refractivity contribution in [1.82, 2.24) is 9.38 Å². The maximum atomic E-state index is 6.18. The van der Waals surface area contributed by atoms with Crippen molar-refractivity contribution in [3.05, 3.63) is 52.6 Å². The van der Waals surface area contributed by atoms with Gasteiger partial charge in [0.1, 0.15) is 11.6 Å². The second-order valence-electron chi connectivity index (χ2n) is 3.88. The Morgan fingerprint density at radius 1 is 1.00 bits per heavy atom. The first kappa shape index (κ1) is 11.4. The van der Waals surface area contributed by atoms with Gasteiger partial charge < -0.3 is 5.73 Å². The van der Waals surface area contributed by atoms with E-state index in [-0.39, 0.29) is 0 Å². The second-order valence-corrected chi connectivity index (χ2v) is 4.64. The Balaban J connectivity index is 2.41. The number of hydrogen-bond donors (Lipinski definition) is 1. The number of hydrogen-bond acceptors (Lipinski definition) is 2. The van der Waals surface area contributed by atoms with E-state index >= 15 is 0 Å². The lowest BCUT2D eigenvalue weighted by atomic mass is 10.2. The lowest BCUT2D eigenvalue weighted by Crippen LogP contribution is -1.98. The van der Waals surface area contributed by atoms with Gasteiger partial charge in [-0.1, -0.05) is 41.4 Å². The van der Waals surface area contributed by atoms with Crippen LogP contribution in [-0.4, -0.2) is 9.38 Å². The number of benzene rings is 1. The summed E-state index contributed by atoms with van der Waals surface area (Å²) >= 11 is 12.3. The third-order valence-corrected chi connectivity index (χ3v) is 3.37. The Morgan fingerprint density at radius 3 is 2.56 bits per heavy atom. The van der Waals surface area contributed by atoms with Gasteiger partial charge in [-0.15, -0.1) is 0 Å². The molecule has 3 rings (SSSR count). The summed E-state index contributed by atoms with van der Waals surface area (Å²) in [6, 6.07) is 13.0. The highest BCUT2D eigenvalue weighted by atomic mass is 35.5. The zero-order valence-corrected chi connectivity index (χ0v) is 10.8. The zero-order chi connectivity index (χ0) is 12.7. The summed E-state index contributed by atoms with van der Waals surface area (Å²) in [5.41, 5.74) is 7.55. The van der Waals surface area contributed by atoms with Crippen LogP contribution >= 0.6 is 23.2 Å². The van der Waals surface area contributed by atoms with Crippen LogP contribution in [0.3, 0.4) is 0 Å². The molecular formula is C13H9Cl2N3. The molecule has 0 amide bonds. The van der Waals surface area contributed by atoms with E-state index < -0.39 is 0 Å². The smallest absolute Gasteiger partial charge is 0.155 e. The molecule has 0 aliphatic heterocycles. The number of fused-ring (bicyclic) bond motifs is 1. The lowest BCUT2D eigenvalue weighted by molar-refractivity contribution is 1.17. The van der Waals surface area contributed by atoms with E-state index in [1.54, 1.807) is 10.5 Å². The summed E-state index contributed by atoms with van der Waals surface area (Å²) in [7, 11) is 0. The summed E-state index contributed by atoms with van der Waals surface area (Å²) < 4.78 is 1.80. The van der Waals surface area contributed by atoms with E-state index in [4.69, 9.17) is 28.9 Å². The monoisotopic (exact) mass is 277 g/mol. The van der Waals surface area contributed by atoms with Crippen LogP contribution < -0.4 is 5.73 Å². The first-order valence-electron chi connectivity index (χ1n) is 5.36. The van der Waals surface area contributed by atoms with Crippen LogP contribution in [0.15, 0.2) is 42.5 Å². The minimum atomic E-state index is 0.414. The number of imidazole rings is 1. The minimum absolute atomic E-state index is 0.414. The van der Waals surface area contributed by atoms with Gasteiger partial charge in [-0.05, 0) is 24.3 Å². The summed E-state index contributed by atoms with van der Waals surface area (Å²) in [5.74, 6) is 1.22. The molecule has 2 aromatic heterocycles. The first-order valence-corrected chi connectivity index (χ1v) is 6.11. The predicted molar refractivity (Wildman–Crippen MR) is 75.1 cm³/mol. The van der Waals surface area contributed by atoms with Gasteiger partial charge in [0.15, 0.2) is 5.15 Å². The SMILES string of the molecule is Nc1cccc2c(Cl)nc(-c3ccccc3Cl)n12. The third-order valence-electron chi connectivity index (χ3n) is 2.76. The Kier molecular flexibility index (Phi) is 2.65. The second kappa shape index (κ2) is 4.19. The molecule has 1 aromatic carbocycles. The van der Waals surface area contributed by atoms with E-state index in [0.29, 0.717) is 21.8 Å². The molecule has 18 heavy (non-hydrogen) atoms. The van der Waals surface area contributed by atoms with Crippen molar-refractivity contribution in [1.29, 1.82) is 0 Å². The molecule has 5 heteroatoms. The van der Waals surface area contributed by atoms with Crippen molar-refractivity contribution in [2.75, 3.05) is 5.73 Å². The van der Waals surface area contributed by atoms with Crippen LogP contribution in [-0.2, 0) is 0 Å². The molecule has 3 nitrogen and oxygen atoms in total. The van der Waals surface area contributed by atoms with Crippen molar-refractivity contribution in [3.63, 3.8) is 0 Å². The minimum Gasteiger partial charge on any atom is -0.385 e. The first-order chi connectivity index (χ1) is 8.68. The maximum Gasteiger partial charge on any atom is 0.155 e. The summed E-state index contributed by atoms with van der Waals surface area (Å²) in [6.07, 6.45) is 0. The standard InChI is InChI=1S/C13H9Cl2N3/c14-9-5-2-1-4-8(9)13-17-12(15)10-6-3-7-11(16)18(10)13/h1-7H,16H2. The molecule has 3 aromatic rings. The van der Waals surface area contributed by atoms with E-state index in [2.05, 4.69) is 4.98 Å². The quantitative estimate of drug-likeness (QED) is 0.733. The number of rotatable bonds is 1. The van der Waals surface area contributed by atoms with Gasteiger partial charge in [0.2, 0.25) is 0 Å². The molecule has 0 spiro atoms. The molecule has 0 aliphatic carbocycles. The molecule has 0 saturated heterocycles. The van der Waals surface area contributed by atoms with E-state index in [0.717, 1.165) is 11.1 Å².